The van der Waals surface area contributed by atoms with Crippen molar-refractivity contribution in [3.8, 4) is 0 Å². The van der Waals surface area contributed by atoms with Gasteiger partial charge in [0, 0.05) is 31.9 Å². The van der Waals surface area contributed by atoms with Gasteiger partial charge in [0.2, 0.25) is 15.9 Å². The van der Waals surface area contributed by atoms with E-state index >= 15 is 0 Å². The number of aryl methyl sites for hydroxylation is 2. The lowest BCUT2D eigenvalue weighted by molar-refractivity contribution is -0.116. The highest BCUT2D eigenvalue weighted by Gasteiger charge is 2.26. The number of para-hydroxylation sites is 1. The lowest BCUT2D eigenvalue weighted by Crippen LogP contribution is -2.50. The Kier molecular flexibility index (Phi) is 6.83. The van der Waals surface area contributed by atoms with Gasteiger partial charge in [0.25, 0.3) is 0 Å². The number of amides is 3. The van der Waals surface area contributed by atoms with Crippen LogP contribution in [0.15, 0.2) is 18.2 Å². The van der Waals surface area contributed by atoms with E-state index in [1.807, 2.05) is 32.0 Å². The molecule has 0 atom stereocenters. The topological polar surface area (TPSA) is 98.8 Å². The predicted molar refractivity (Wildman–Crippen MR) is 105 cm³/mol. The molecular weight excluding hydrogens is 368 g/mol. The summed E-state index contributed by atoms with van der Waals surface area (Å²) in [5.74, 6) is -0.267. The van der Waals surface area contributed by atoms with Crippen LogP contribution in [-0.4, -0.2) is 68.5 Å². The van der Waals surface area contributed by atoms with Crippen molar-refractivity contribution in [2.75, 3.05) is 38.3 Å². The third kappa shape index (κ3) is 5.93. The third-order valence-corrected chi connectivity index (χ3v) is 6.03. The number of piperidine rings is 1. The number of nitrogens with zero attached hydrogens (tertiary/aromatic N) is 2. The summed E-state index contributed by atoms with van der Waals surface area (Å²) in [5.41, 5.74) is 2.70. The molecule has 2 rings (SSSR count). The van der Waals surface area contributed by atoms with Gasteiger partial charge in [-0.05, 0) is 37.8 Å². The Labute approximate surface area is 161 Å². The highest BCUT2D eigenvalue weighted by Crippen LogP contribution is 2.19. The van der Waals surface area contributed by atoms with Gasteiger partial charge < -0.3 is 15.5 Å². The molecule has 1 heterocycles. The summed E-state index contributed by atoms with van der Waals surface area (Å²) in [5, 5.41) is 5.72. The first-order valence-corrected chi connectivity index (χ1v) is 10.8. The Morgan fingerprint density at radius 1 is 1.19 bits per heavy atom. The number of nitrogens with one attached hydrogen (secondary N) is 2. The van der Waals surface area contributed by atoms with Gasteiger partial charge in [-0.1, -0.05) is 18.2 Å². The van der Waals surface area contributed by atoms with E-state index in [2.05, 4.69) is 10.6 Å². The quantitative estimate of drug-likeness (QED) is 0.784. The SMILES string of the molecule is Cc1cccc(C)c1NC(=O)CN(C)C(=O)NC1CCN(S(C)(=O)=O)CC1. The second-order valence-electron chi connectivity index (χ2n) is 7.06. The Balaban J connectivity index is 1.83. The Bertz CT molecular complexity index is 781. The summed E-state index contributed by atoms with van der Waals surface area (Å²) in [7, 11) is -1.63. The number of hydrogen-bond donors (Lipinski definition) is 2. The van der Waals surface area contributed by atoms with E-state index in [1.54, 1.807) is 7.05 Å². The first-order valence-electron chi connectivity index (χ1n) is 8.90. The highest BCUT2D eigenvalue weighted by molar-refractivity contribution is 7.88. The molecule has 1 saturated heterocycles. The van der Waals surface area contributed by atoms with E-state index in [0.717, 1.165) is 16.8 Å². The van der Waals surface area contributed by atoms with Crippen LogP contribution in [0.25, 0.3) is 0 Å². The lowest BCUT2D eigenvalue weighted by Gasteiger charge is -2.31. The minimum Gasteiger partial charge on any atom is -0.335 e. The smallest absolute Gasteiger partial charge is 0.317 e. The molecule has 0 saturated carbocycles. The van der Waals surface area contributed by atoms with Crippen LogP contribution in [0.1, 0.15) is 24.0 Å². The van der Waals surface area contributed by atoms with Gasteiger partial charge in [-0.3, -0.25) is 4.79 Å². The molecule has 0 unspecified atom stereocenters. The molecule has 0 radical (unpaired) electrons. The number of anilines is 1. The van der Waals surface area contributed by atoms with Crippen molar-refractivity contribution in [3.05, 3.63) is 29.3 Å². The fourth-order valence-electron chi connectivity index (χ4n) is 3.09. The van der Waals surface area contributed by atoms with Crippen LogP contribution in [-0.2, 0) is 14.8 Å². The van der Waals surface area contributed by atoms with Crippen molar-refractivity contribution >= 4 is 27.6 Å². The fraction of sp³-hybridized carbons (Fsp3) is 0.556. The Morgan fingerprint density at radius 2 is 1.74 bits per heavy atom. The number of hydrogen-bond acceptors (Lipinski definition) is 4. The van der Waals surface area contributed by atoms with Crippen LogP contribution in [0, 0.1) is 13.8 Å². The van der Waals surface area contributed by atoms with Gasteiger partial charge >= 0.3 is 6.03 Å². The van der Waals surface area contributed by atoms with Crippen molar-refractivity contribution in [2.24, 2.45) is 0 Å². The van der Waals surface area contributed by atoms with Crippen LogP contribution in [0.5, 0.6) is 0 Å². The molecule has 1 aromatic rings. The average molecular weight is 397 g/mol. The van der Waals surface area contributed by atoms with Crippen molar-refractivity contribution in [3.63, 3.8) is 0 Å². The molecule has 3 amide bonds. The maximum absolute atomic E-state index is 12.3. The molecule has 150 valence electrons. The minimum atomic E-state index is -3.19. The molecule has 1 fully saturated rings. The number of carbonyl (C=O) groups is 2. The van der Waals surface area contributed by atoms with E-state index in [-0.39, 0.29) is 24.5 Å². The van der Waals surface area contributed by atoms with Crippen molar-refractivity contribution < 1.29 is 18.0 Å². The van der Waals surface area contributed by atoms with Gasteiger partial charge in [-0.2, -0.15) is 0 Å². The van der Waals surface area contributed by atoms with Gasteiger partial charge in [0.05, 0.1) is 6.26 Å². The van der Waals surface area contributed by atoms with Gasteiger partial charge in [-0.15, -0.1) is 0 Å². The molecule has 0 aromatic heterocycles. The zero-order valence-corrected chi connectivity index (χ0v) is 17.1. The van der Waals surface area contributed by atoms with Crippen LogP contribution in [0.3, 0.4) is 0 Å². The summed E-state index contributed by atoms with van der Waals surface area (Å²) < 4.78 is 24.5. The molecule has 2 N–H and O–H groups in total. The maximum Gasteiger partial charge on any atom is 0.317 e. The van der Waals surface area contributed by atoms with E-state index < -0.39 is 10.0 Å². The second-order valence-corrected chi connectivity index (χ2v) is 9.04. The number of benzene rings is 1. The zero-order chi connectivity index (χ0) is 20.2. The highest BCUT2D eigenvalue weighted by atomic mass is 32.2. The molecule has 8 nitrogen and oxygen atoms in total. The standard InChI is InChI=1S/C18H28N4O4S/c1-13-6-5-7-14(2)17(13)20-16(23)12-21(3)18(24)19-15-8-10-22(11-9-15)27(4,25)26/h5-7,15H,8-12H2,1-4H3,(H,19,24)(H,20,23). The van der Waals surface area contributed by atoms with Gasteiger partial charge in [0.15, 0.2) is 0 Å². The number of carbonyl (C=O) groups excluding carboxylic acids is 2. The van der Waals surface area contributed by atoms with E-state index in [9.17, 15) is 18.0 Å². The lowest BCUT2D eigenvalue weighted by atomic mass is 10.1. The normalized spacial score (nSPS) is 16.0. The second kappa shape index (κ2) is 8.71. The summed E-state index contributed by atoms with van der Waals surface area (Å²) in [6.45, 7) is 4.55. The zero-order valence-electron chi connectivity index (χ0n) is 16.3. The van der Waals surface area contributed by atoms with E-state index in [1.165, 1.54) is 15.5 Å². The predicted octanol–water partition coefficient (Wildman–Crippen LogP) is 1.31. The third-order valence-electron chi connectivity index (χ3n) is 4.72. The monoisotopic (exact) mass is 396 g/mol. The summed E-state index contributed by atoms with van der Waals surface area (Å²) in [4.78, 5) is 25.9. The molecule has 1 aliphatic heterocycles. The number of rotatable bonds is 5. The molecule has 1 aliphatic rings. The first kappa shape index (κ1) is 21.2. The fourth-order valence-corrected chi connectivity index (χ4v) is 3.97. The minimum absolute atomic E-state index is 0.0677. The van der Waals surface area contributed by atoms with Crippen LogP contribution >= 0.6 is 0 Å². The molecule has 1 aromatic carbocycles. The molecule has 0 bridgehead atoms. The van der Waals surface area contributed by atoms with Crippen molar-refractivity contribution in [1.82, 2.24) is 14.5 Å². The van der Waals surface area contributed by atoms with Crippen LogP contribution < -0.4 is 10.6 Å². The van der Waals surface area contributed by atoms with Crippen molar-refractivity contribution in [1.29, 1.82) is 0 Å². The summed E-state index contributed by atoms with van der Waals surface area (Å²) >= 11 is 0. The average Bonchev–Trinajstić information content (AvgIpc) is 2.58. The first-order chi connectivity index (χ1) is 12.6. The van der Waals surface area contributed by atoms with E-state index in [0.29, 0.717) is 25.9 Å². The molecule has 0 aliphatic carbocycles. The Morgan fingerprint density at radius 3 is 2.26 bits per heavy atom. The van der Waals surface area contributed by atoms with Gasteiger partial charge in [0.1, 0.15) is 6.54 Å². The largest absolute Gasteiger partial charge is 0.335 e. The van der Waals surface area contributed by atoms with Crippen LogP contribution in [0.2, 0.25) is 0 Å². The van der Waals surface area contributed by atoms with Crippen LogP contribution in [0.4, 0.5) is 10.5 Å². The molecule has 9 heteroatoms. The number of likely N-dealkylation sites (N-methyl/N-ethyl adjacent to an activating group) is 1. The summed E-state index contributed by atoms with van der Waals surface area (Å²) in [6.07, 6.45) is 2.30. The number of sulfonamides is 1. The van der Waals surface area contributed by atoms with Crippen molar-refractivity contribution in [2.45, 2.75) is 32.7 Å². The number of urea groups is 1. The molecular formula is C18H28N4O4S. The molecule has 0 spiro atoms. The Hall–Kier alpha value is -2.13. The van der Waals surface area contributed by atoms with Gasteiger partial charge in [-0.25, -0.2) is 17.5 Å². The summed E-state index contributed by atoms with van der Waals surface area (Å²) in [6, 6.07) is 5.32. The van der Waals surface area contributed by atoms with E-state index in [4.69, 9.17) is 0 Å². The molecule has 27 heavy (non-hydrogen) atoms. The maximum atomic E-state index is 12.3.